The van der Waals surface area contributed by atoms with E-state index in [4.69, 9.17) is 10.00 Å². The number of nitrogens with one attached hydrogen (secondary N) is 1. The number of esters is 1. The largest absolute Gasteiger partial charge is 0.457 e. The smallest absolute Gasteiger partial charge is 0.340 e. The van der Waals surface area contributed by atoms with Gasteiger partial charge in [0.2, 0.25) is 5.91 Å². The lowest BCUT2D eigenvalue weighted by molar-refractivity contribution is -0.115. The summed E-state index contributed by atoms with van der Waals surface area (Å²) >= 11 is 0. The summed E-state index contributed by atoms with van der Waals surface area (Å²) in [5, 5.41) is 11.6. The molecule has 0 aromatic heterocycles. The van der Waals surface area contributed by atoms with Crippen LogP contribution in [-0.4, -0.2) is 11.9 Å². The van der Waals surface area contributed by atoms with E-state index in [9.17, 15) is 9.59 Å². The van der Waals surface area contributed by atoms with Crippen molar-refractivity contribution in [3.63, 3.8) is 0 Å². The molecule has 0 radical (unpaired) electrons. The van der Waals surface area contributed by atoms with Crippen LogP contribution in [0.5, 0.6) is 0 Å². The number of ether oxygens (including phenoxy) is 1. The van der Waals surface area contributed by atoms with Gasteiger partial charge in [0.15, 0.2) is 0 Å². The van der Waals surface area contributed by atoms with Crippen LogP contribution in [-0.2, 0) is 22.6 Å². The molecule has 5 heteroatoms. The molecule has 0 bridgehead atoms. The summed E-state index contributed by atoms with van der Waals surface area (Å²) in [5.74, 6) is -0.737. The van der Waals surface area contributed by atoms with Crippen molar-refractivity contribution in [1.82, 2.24) is 0 Å². The van der Waals surface area contributed by atoms with E-state index in [2.05, 4.69) is 5.32 Å². The quantitative estimate of drug-likeness (QED) is 0.663. The average Bonchev–Trinajstić information content (AvgIpc) is 2.73. The number of nitriles is 1. The Labute approximate surface area is 163 Å². The van der Waals surface area contributed by atoms with E-state index in [1.165, 1.54) is 0 Å². The maximum atomic E-state index is 12.5. The first-order valence-electron chi connectivity index (χ1n) is 8.74. The van der Waals surface area contributed by atoms with E-state index < -0.39 is 5.97 Å². The van der Waals surface area contributed by atoms with E-state index in [1.54, 1.807) is 48.5 Å². The molecule has 0 saturated heterocycles. The summed E-state index contributed by atoms with van der Waals surface area (Å²) < 4.78 is 5.36. The van der Waals surface area contributed by atoms with Crippen LogP contribution in [0.3, 0.4) is 0 Å². The van der Waals surface area contributed by atoms with Crippen LogP contribution < -0.4 is 5.32 Å². The van der Waals surface area contributed by atoms with Gasteiger partial charge in [-0.05, 0) is 35.4 Å². The van der Waals surface area contributed by atoms with E-state index >= 15 is 0 Å². The van der Waals surface area contributed by atoms with Crippen molar-refractivity contribution in [2.75, 3.05) is 5.32 Å². The molecule has 1 N–H and O–H groups in total. The fraction of sp³-hybridized carbons (Fsp3) is 0.0870. The molecule has 0 aliphatic heterocycles. The summed E-state index contributed by atoms with van der Waals surface area (Å²) in [6.07, 6.45) is 0.218. The maximum absolute atomic E-state index is 12.5. The Balaban J connectivity index is 1.64. The molecule has 0 aliphatic carbocycles. The number of para-hydroxylation sites is 1. The second-order valence-electron chi connectivity index (χ2n) is 6.14. The number of nitrogens with zero attached hydrogens (tertiary/aromatic N) is 1. The summed E-state index contributed by atoms with van der Waals surface area (Å²) in [6.45, 7) is 0.0802. The Kier molecular flexibility index (Phi) is 6.17. The van der Waals surface area contributed by atoms with Crippen LogP contribution >= 0.6 is 0 Å². The minimum absolute atomic E-state index is 0.0802. The SMILES string of the molecule is N#Cc1ccc(COC(=O)c2ccccc2NC(=O)Cc2ccccc2)cc1. The van der Waals surface area contributed by atoms with Gasteiger partial charge in [0.1, 0.15) is 6.61 Å². The molecule has 0 fully saturated rings. The number of amides is 1. The lowest BCUT2D eigenvalue weighted by atomic mass is 10.1. The van der Waals surface area contributed by atoms with E-state index in [1.807, 2.05) is 36.4 Å². The Bertz CT molecular complexity index is 1010. The number of carbonyl (C=O) groups is 2. The highest BCUT2D eigenvalue weighted by atomic mass is 16.5. The zero-order chi connectivity index (χ0) is 19.8. The topological polar surface area (TPSA) is 79.2 Å². The highest BCUT2D eigenvalue weighted by molar-refractivity contribution is 6.01. The Morgan fingerprint density at radius 3 is 2.25 bits per heavy atom. The minimum Gasteiger partial charge on any atom is -0.457 e. The molecule has 28 heavy (non-hydrogen) atoms. The number of hydrogen-bond acceptors (Lipinski definition) is 4. The van der Waals surface area contributed by atoms with Crippen molar-refractivity contribution in [2.24, 2.45) is 0 Å². The molecule has 3 aromatic carbocycles. The molecular weight excluding hydrogens is 352 g/mol. The first-order valence-corrected chi connectivity index (χ1v) is 8.74. The van der Waals surface area contributed by atoms with Crippen LogP contribution in [0.1, 0.15) is 27.0 Å². The molecular formula is C23H18N2O3. The molecule has 0 unspecified atom stereocenters. The van der Waals surface area contributed by atoms with Gasteiger partial charge in [0.05, 0.1) is 29.3 Å². The van der Waals surface area contributed by atoms with Crippen LogP contribution in [0.2, 0.25) is 0 Å². The lowest BCUT2D eigenvalue weighted by Crippen LogP contribution is -2.17. The number of anilines is 1. The first kappa shape index (κ1) is 18.9. The molecule has 0 saturated carbocycles. The zero-order valence-corrected chi connectivity index (χ0v) is 15.1. The van der Waals surface area contributed by atoms with Gasteiger partial charge in [-0.25, -0.2) is 4.79 Å². The molecule has 0 aliphatic rings. The summed E-state index contributed by atoms with van der Waals surface area (Å²) in [4.78, 5) is 24.8. The third-order valence-corrected chi connectivity index (χ3v) is 4.08. The normalized spacial score (nSPS) is 9.96. The fourth-order valence-corrected chi connectivity index (χ4v) is 2.65. The van der Waals surface area contributed by atoms with Gasteiger partial charge < -0.3 is 10.1 Å². The van der Waals surface area contributed by atoms with Crippen LogP contribution in [0, 0.1) is 11.3 Å². The second kappa shape index (κ2) is 9.15. The second-order valence-corrected chi connectivity index (χ2v) is 6.14. The van der Waals surface area contributed by atoms with Crippen molar-refractivity contribution < 1.29 is 14.3 Å². The number of hydrogen-bond donors (Lipinski definition) is 1. The van der Waals surface area contributed by atoms with Gasteiger partial charge in [-0.1, -0.05) is 54.6 Å². The number of benzene rings is 3. The highest BCUT2D eigenvalue weighted by Gasteiger charge is 2.15. The highest BCUT2D eigenvalue weighted by Crippen LogP contribution is 2.18. The van der Waals surface area contributed by atoms with Gasteiger partial charge in [-0.2, -0.15) is 5.26 Å². The van der Waals surface area contributed by atoms with Crippen LogP contribution in [0.15, 0.2) is 78.9 Å². The Morgan fingerprint density at radius 1 is 0.857 bits per heavy atom. The average molecular weight is 370 g/mol. The maximum Gasteiger partial charge on any atom is 0.340 e. The lowest BCUT2D eigenvalue weighted by Gasteiger charge is -2.11. The van der Waals surface area contributed by atoms with Gasteiger partial charge in [0.25, 0.3) is 0 Å². The summed E-state index contributed by atoms with van der Waals surface area (Å²) in [6, 6.07) is 25.0. The molecule has 0 spiro atoms. The van der Waals surface area contributed by atoms with Crippen molar-refractivity contribution in [3.8, 4) is 6.07 Å². The molecule has 138 valence electrons. The third-order valence-electron chi connectivity index (χ3n) is 4.08. The van der Waals surface area contributed by atoms with Crippen molar-refractivity contribution >= 4 is 17.6 Å². The molecule has 0 atom stereocenters. The van der Waals surface area contributed by atoms with Crippen LogP contribution in [0.4, 0.5) is 5.69 Å². The predicted octanol–water partition coefficient (Wildman–Crippen LogP) is 4.10. The zero-order valence-electron chi connectivity index (χ0n) is 15.1. The van der Waals surface area contributed by atoms with Crippen molar-refractivity contribution in [2.45, 2.75) is 13.0 Å². The molecule has 0 heterocycles. The number of rotatable bonds is 6. The van der Waals surface area contributed by atoms with Crippen molar-refractivity contribution in [3.05, 3.63) is 101 Å². The van der Waals surface area contributed by atoms with Gasteiger partial charge in [-0.15, -0.1) is 0 Å². The monoisotopic (exact) mass is 370 g/mol. The predicted molar refractivity (Wildman–Crippen MR) is 105 cm³/mol. The standard InChI is InChI=1S/C23H18N2O3/c24-15-18-10-12-19(13-11-18)16-28-23(27)20-8-4-5-9-21(20)25-22(26)14-17-6-2-1-3-7-17/h1-13H,14,16H2,(H,25,26). The molecule has 5 nitrogen and oxygen atoms in total. The fourth-order valence-electron chi connectivity index (χ4n) is 2.65. The van der Waals surface area contributed by atoms with Crippen LogP contribution in [0.25, 0.3) is 0 Å². The Hall–Kier alpha value is -3.91. The number of carbonyl (C=O) groups excluding carboxylic acids is 2. The van der Waals surface area contributed by atoms with Gasteiger partial charge in [-0.3, -0.25) is 4.79 Å². The van der Waals surface area contributed by atoms with E-state index in [0.29, 0.717) is 11.3 Å². The molecule has 3 rings (SSSR count). The van der Waals surface area contributed by atoms with Gasteiger partial charge in [0, 0.05) is 0 Å². The first-order chi connectivity index (χ1) is 13.7. The van der Waals surface area contributed by atoms with Crippen molar-refractivity contribution in [1.29, 1.82) is 5.26 Å². The Morgan fingerprint density at radius 2 is 1.54 bits per heavy atom. The third kappa shape index (κ3) is 5.05. The summed E-state index contributed by atoms with van der Waals surface area (Å²) in [7, 11) is 0. The van der Waals surface area contributed by atoms with E-state index in [0.717, 1.165) is 11.1 Å². The van der Waals surface area contributed by atoms with E-state index in [-0.39, 0.29) is 24.5 Å². The minimum atomic E-state index is -0.528. The van der Waals surface area contributed by atoms with Gasteiger partial charge >= 0.3 is 5.97 Å². The summed E-state index contributed by atoms with van der Waals surface area (Å²) in [5.41, 5.74) is 2.91. The molecule has 3 aromatic rings. The molecule has 1 amide bonds.